The Bertz CT molecular complexity index is 848. The van der Waals surface area contributed by atoms with Crippen molar-refractivity contribution in [3.05, 3.63) is 102 Å². The molecule has 1 atom stereocenters. The average molecular weight is 318 g/mol. The zero-order chi connectivity index (χ0) is 16.4. The highest BCUT2D eigenvalue weighted by Gasteiger charge is 2.31. The van der Waals surface area contributed by atoms with E-state index in [4.69, 9.17) is 4.74 Å². The van der Waals surface area contributed by atoms with E-state index in [0.717, 1.165) is 22.5 Å². The highest BCUT2D eigenvalue weighted by atomic mass is 19.1. The number of aromatic nitrogens is 1. The molecule has 3 nitrogen and oxygen atoms in total. The van der Waals surface area contributed by atoms with Gasteiger partial charge in [-0.05, 0) is 48.5 Å². The van der Waals surface area contributed by atoms with Gasteiger partial charge in [0.15, 0.2) is 0 Å². The highest BCUT2D eigenvalue weighted by molar-refractivity contribution is 5.81. The van der Waals surface area contributed by atoms with Crippen LogP contribution in [0.2, 0.25) is 0 Å². The number of halogens is 1. The molecule has 0 saturated carbocycles. The van der Waals surface area contributed by atoms with Crippen molar-refractivity contribution in [2.45, 2.75) is 6.23 Å². The maximum atomic E-state index is 13.3. The number of hydrogen-bond acceptors (Lipinski definition) is 3. The van der Waals surface area contributed by atoms with Crippen LogP contribution in [0.4, 0.5) is 10.1 Å². The van der Waals surface area contributed by atoms with Gasteiger partial charge in [-0.1, -0.05) is 18.2 Å². The Balaban J connectivity index is 1.78. The lowest BCUT2D eigenvalue weighted by Gasteiger charge is -2.28. The summed E-state index contributed by atoms with van der Waals surface area (Å²) in [7, 11) is 0. The molecular formula is C20H15FN2O. The number of rotatable bonds is 3. The van der Waals surface area contributed by atoms with Gasteiger partial charge in [0.05, 0.1) is 5.70 Å². The first-order valence-corrected chi connectivity index (χ1v) is 7.69. The topological polar surface area (TPSA) is 25.4 Å². The van der Waals surface area contributed by atoms with Crippen molar-refractivity contribution in [2.24, 2.45) is 0 Å². The third kappa shape index (κ3) is 2.63. The summed E-state index contributed by atoms with van der Waals surface area (Å²) in [5.74, 6) is -0.254. The molecule has 4 heteroatoms. The van der Waals surface area contributed by atoms with Crippen molar-refractivity contribution in [2.75, 3.05) is 4.90 Å². The standard InChI is InChI=1S/C20H15FN2O/c21-17-8-6-15(7-9-17)19-14-24-20(16-10-12-22-13-11-16)23(19)18-4-2-1-3-5-18/h1-14,20H. The first-order valence-electron chi connectivity index (χ1n) is 7.69. The fourth-order valence-electron chi connectivity index (χ4n) is 2.82. The second kappa shape index (κ2) is 6.16. The Morgan fingerprint density at radius 3 is 2.29 bits per heavy atom. The number of benzene rings is 2. The Morgan fingerprint density at radius 1 is 0.875 bits per heavy atom. The van der Waals surface area contributed by atoms with E-state index >= 15 is 0 Å². The SMILES string of the molecule is Fc1ccc(C2=COC(c3ccncc3)N2c2ccccc2)cc1. The maximum absolute atomic E-state index is 13.3. The minimum atomic E-state index is -0.282. The summed E-state index contributed by atoms with van der Waals surface area (Å²) in [5.41, 5.74) is 3.80. The maximum Gasteiger partial charge on any atom is 0.202 e. The molecule has 2 aromatic carbocycles. The van der Waals surface area contributed by atoms with Gasteiger partial charge in [-0.2, -0.15) is 0 Å². The van der Waals surface area contributed by atoms with Crippen molar-refractivity contribution in [1.29, 1.82) is 0 Å². The van der Waals surface area contributed by atoms with Crippen molar-refractivity contribution < 1.29 is 9.13 Å². The molecule has 0 saturated heterocycles. The molecule has 0 N–H and O–H groups in total. The summed E-state index contributed by atoms with van der Waals surface area (Å²) >= 11 is 0. The molecule has 1 aromatic heterocycles. The summed E-state index contributed by atoms with van der Waals surface area (Å²) in [6, 6.07) is 20.3. The molecule has 0 amide bonds. The van der Waals surface area contributed by atoms with Crippen LogP contribution in [0.1, 0.15) is 17.4 Å². The third-order valence-corrected chi connectivity index (χ3v) is 3.97. The van der Waals surface area contributed by atoms with Crippen molar-refractivity contribution >= 4 is 11.4 Å². The molecule has 4 rings (SSSR count). The number of pyridine rings is 1. The first-order chi connectivity index (χ1) is 11.8. The van der Waals surface area contributed by atoms with Crippen LogP contribution in [-0.2, 0) is 4.74 Å². The zero-order valence-electron chi connectivity index (χ0n) is 12.8. The average Bonchev–Trinajstić information content (AvgIpc) is 3.09. The van der Waals surface area contributed by atoms with Crippen LogP contribution in [0.25, 0.3) is 5.70 Å². The van der Waals surface area contributed by atoms with Crippen LogP contribution < -0.4 is 4.90 Å². The van der Waals surface area contributed by atoms with Gasteiger partial charge in [-0.15, -0.1) is 0 Å². The van der Waals surface area contributed by atoms with Crippen LogP contribution in [0, 0.1) is 5.82 Å². The van der Waals surface area contributed by atoms with Gasteiger partial charge >= 0.3 is 0 Å². The number of nitrogens with zero attached hydrogens (tertiary/aromatic N) is 2. The molecule has 1 aliphatic heterocycles. The highest BCUT2D eigenvalue weighted by Crippen LogP contribution is 2.40. The normalized spacial score (nSPS) is 16.6. The predicted octanol–water partition coefficient (Wildman–Crippen LogP) is 4.75. The summed E-state index contributed by atoms with van der Waals surface area (Å²) in [6.07, 6.45) is 4.94. The number of ether oxygens (including phenoxy) is 1. The molecule has 0 fully saturated rings. The van der Waals surface area contributed by atoms with Crippen molar-refractivity contribution in [3.63, 3.8) is 0 Å². The minimum Gasteiger partial charge on any atom is -0.471 e. The van der Waals surface area contributed by atoms with E-state index in [9.17, 15) is 4.39 Å². The molecule has 118 valence electrons. The molecule has 0 radical (unpaired) electrons. The lowest BCUT2D eigenvalue weighted by molar-refractivity contribution is 0.174. The second-order valence-corrected chi connectivity index (χ2v) is 5.48. The molecule has 0 aliphatic carbocycles. The fourth-order valence-corrected chi connectivity index (χ4v) is 2.82. The molecule has 2 heterocycles. The van der Waals surface area contributed by atoms with E-state index < -0.39 is 0 Å². The first kappa shape index (κ1) is 14.5. The van der Waals surface area contributed by atoms with Gasteiger partial charge in [0.2, 0.25) is 6.23 Å². The summed E-state index contributed by atoms with van der Waals surface area (Å²) in [4.78, 5) is 6.17. The molecule has 24 heavy (non-hydrogen) atoms. The van der Waals surface area contributed by atoms with Crippen LogP contribution in [0.5, 0.6) is 0 Å². The van der Waals surface area contributed by atoms with E-state index in [1.807, 2.05) is 42.5 Å². The van der Waals surface area contributed by atoms with Crippen LogP contribution in [-0.4, -0.2) is 4.98 Å². The summed E-state index contributed by atoms with van der Waals surface area (Å²) in [6.45, 7) is 0. The van der Waals surface area contributed by atoms with Crippen LogP contribution >= 0.6 is 0 Å². The van der Waals surface area contributed by atoms with Gasteiger partial charge in [0.25, 0.3) is 0 Å². The zero-order valence-corrected chi connectivity index (χ0v) is 12.8. The second-order valence-electron chi connectivity index (χ2n) is 5.48. The molecule has 1 unspecified atom stereocenters. The molecule has 0 spiro atoms. The summed E-state index contributed by atoms with van der Waals surface area (Å²) in [5, 5.41) is 0. The number of hydrogen-bond donors (Lipinski definition) is 0. The third-order valence-electron chi connectivity index (χ3n) is 3.97. The monoisotopic (exact) mass is 318 g/mol. The van der Waals surface area contributed by atoms with Gasteiger partial charge in [-0.25, -0.2) is 4.39 Å². The van der Waals surface area contributed by atoms with Crippen molar-refractivity contribution in [3.8, 4) is 0 Å². The van der Waals surface area contributed by atoms with Gasteiger partial charge in [-0.3, -0.25) is 9.88 Å². The fraction of sp³-hybridized carbons (Fsp3) is 0.0500. The Hall–Kier alpha value is -3.14. The lowest BCUT2D eigenvalue weighted by Crippen LogP contribution is -2.23. The summed E-state index contributed by atoms with van der Waals surface area (Å²) < 4.78 is 19.2. The largest absolute Gasteiger partial charge is 0.471 e. The van der Waals surface area contributed by atoms with Gasteiger partial charge < -0.3 is 4.74 Å². The minimum absolute atomic E-state index is 0.254. The van der Waals surface area contributed by atoms with Crippen molar-refractivity contribution in [1.82, 2.24) is 4.98 Å². The predicted molar refractivity (Wildman–Crippen MR) is 91.4 cm³/mol. The van der Waals surface area contributed by atoms with E-state index in [1.165, 1.54) is 12.1 Å². The lowest BCUT2D eigenvalue weighted by atomic mass is 10.1. The number of para-hydroxylation sites is 1. The van der Waals surface area contributed by atoms with E-state index in [2.05, 4.69) is 9.88 Å². The smallest absolute Gasteiger partial charge is 0.202 e. The van der Waals surface area contributed by atoms with E-state index in [0.29, 0.717) is 0 Å². The Kier molecular flexibility index (Phi) is 3.71. The quantitative estimate of drug-likeness (QED) is 0.696. The van der Waals surface area contributed by atoms with E-state index in [1.54, 1.807) is 30.8 Å². The van der Waals surface area contributed by atoms with Crippen LogP contribution in [0.15, 0.2) is 85.4 Å². The Labute approximate surface area is 139 Å². The van der Waals surface area contributed by atoms with Crippen LogP contribution in [0.3, 0.4) is 0 Å². The molecular weight excluding hydrogens is 303 g/mol. The Morgan fingerprint density at radius 2 is 1.58 bits per heavy atom. The van der Waals surface area contributed by atoms with E-state index in [-0.39, 0.29) is 12.0 Å². The number of anilines is 1. The molecule has 0 bridgehead atoms. The van der Waals surface area contributed by atoms with Gasteiger partial charge in [0.1, 0.15) is 12.1 Å². The van der Waals surface area contributed by atoms with Gasteiger partial charge in [0, 0.05) is 29.2 Å². The molecule has 1 aliphatic rings. The molecule has 3 aromatic rings.